The molecule has 2 atom stereocenters. The van der Waals surface area contributed by atoms with Crippen molar-refractivity contribution in [2.45, 2.75) is 50.9 Å². The molecular formula is C14H19ClO5. The fourth-order valence-electron chi connectivity index (χ4n) is 2.47. The monoisotopic (exact) mass is 302 g/mol. The Labute approximate surface area is 123 Å². The van der Waals surface area contributed by atoms with Gasteiger partial charge in [-0.25, -0.2) is 0 Å². The van der Waals surface area contributed by atoms with E-state index in [4.69, 9.17) is 25.8 Å². The van der Waals surface area contributed by atoms with Crippen molar-refractivity contribution in [3.8, 4) is 0 Å². The highest BCUT2D eigenvalue weighted by molar-refractivity contribution is 6.43. The van der Waals surface area contributed by atoms with Gasteiger partial charge in [-0.05, 0) is 32.3 Å². The average molecular weight is 303 g/mol. The maximum Gasteiger partial charge on any atom is 0.309 e. The Balaban J connectivity index is 2.08. The highest BCUT2D eigenvalue weighted by atomic mass is 35.5. The maximum atomic E-state index is 11.7. The van der Waals surface area contributed by atoms with Gasteiger partial charge in [0.15, 0.2) is 12.1 Å². The molecule has 0 radical (unpaired) electrons. The standard InChI is InChI=1S/C14H19ClO5/c1-2-18-12(17)9-14(7-10(15)11(16)8-14)20-13-5-3-4-6-19-13/h7,13H,2-6,8-9H2,1H3. The smallest absolute Gasteiger partial charge is 0.309 e. The average Bonchev–Trinajstić information content (AvgIpc) is 2.65. The van der Waals surface area contributed by atoms with Crippen molar-refractivity contribution in [3.05, 3.63) is 11.1 Å². The molecule has 0 saturated carbocycles. The number of ether oxygens (including phenoxy) is 3. The molecule has 1 heterocycles. The molecule has 6 heteroatoms. The molecule has 0 aromatic carbocycles. The Kier molecular flexibility index (Phi) is 5.18. The molecule has 2 unspecified atom stereocenters. The van der Waals surface area contributed by atoms with E-state index in [1.54, 1.807) is 6.92 Å². The molecule has 0 aromatic heterocycles. The van der Waals surface area contributed by atoms with Crippen LogP contribution in [0.25, 0.3) is 0 Å². The van der Waals surface area contributed by atoms with E-state index in [-0.39, 0.29) is 23.7 Å². The molecule has 0 amide bonds. The minimum Gasteiger partial charge on any atom is -0.466 e. The molecule has 0 aromatic rings. The van der Waals surface area contributed by atoms with Crippen molar-refractivity contribution in [3.63, 3.8) is 0 Å². The first kappa shape index (κ1) is 15.5. The van der Waals surface area contributed by atoms with Crippen LogP contribution in [0.1, 0.15) is 39.0 Å². The van der Waals surface area contributed by atoms with Crippen molar-refractivity contribution >= 4 is 23.4 Å². The van der Waals surface area contributed by atoms with Gasteiger partial charge in [0.1, 0.15) is 5.60 Å². The maximum absolute atomic E-state index is 11.7. The number of ketones is 1. The summed E-state index contributed by atoms with van der Waals surface area (Å²) in [6, 6.07) is 0. The lowest BCUT2D eigenvalue weighted by Gasteiger charge is -2.33. The number of hydrogen-bond acceptors (Lipinski definition) is 5. The van der Waals surface area contributed by atoms with Crippen molar-refractivity contribution in [2.24, 2.45) is 0 Å². The number of esters is 1. The van der Waals surface area contributed by atoms with Crippen molar-refractivity contribution < 1.29 is 23.8 Å². The van der Waals surface area contributed by atoms with E-state index in [2.05, 4.69) is 0 Å². The first-order chi connectivity index (χ1) is 9.54. The number of rotatable bonds is 5. The highest BCUT2D eigenvalue weighted by Gasteiger charge is 2.43. The number of hydrogen-bond donors (Lipinski definition) is 0. The normalized spacial score (nSPS) is 30.2. The van der Waals surface area contributed by atoms with Crippen LogP contribution in [0.3, 0.4) is 0 Å². The molecular weight excluding hydrogens is 284 g/mol. The van der Waals surface area contributed by atoms with Crippen LogP contribution < -0.4 is 0 Å². The fourth-order valence-corrected chi connectivity index (χ4v) is 2.74. The minimum atomic E-state index is -1.03. The topological polar surface area (TPSA) is 61.8 Å². The summed E-state index contributed by atoms with van der Waals surface area (Å²) in [7, 11) is 0. The van der Waals surface area contributed by atoms with Gasteiger partial charge in [-0.15, -0.1) is 0 Å². The Morgan fingerprint density at radius 1 is 1.55 bits per heavy atom. The molecule has 2 rings (SSSR count). The molecule has 1 fully saturated rings. The zero-order valence-corrected chi connectivity index (χ0v) is 12.3. The highest BCUT2D eigenvalue weighted by Crippen LogP contribution is 2.36. The van der Waals surface area contributed by atoms with Gasteiger partial charge in [0.2, 0.25) is 0 Å². The molecule has 2 aliphatic rings. The van der Waals surface area contributed by atoms with Gasteiger partial charge in [-0.1, -0.05) is 11.6 Å². The molecule has 112 valence electrons. The second-order valence-corrected chi connectivity index (χ2v) is 5.46. The number of allylic oxidation sites excluding steroid dienone is 1. The van der Waals surface area contributed by atoms with Crippen LogP contribution in [-0.2, 0) is 23.8 Å². The predicted octanol–water partition coefficient (Wildman–Crippen LogP) is 2.32. The van der Waals surface area contributed by atoms with Crippen LogP contribution in [0.4, 0.5) is 0 Å². The third-order valence-electron chi connectivity index (χ3n) is 3.37. The minimum absolute atomic E-state index is 0.0251. The van der Waals surface area contributed by atoms with Gasteiger partial charge in [-0.3, -0.25) is 9.59 Å². The van der Waals surface area contributed by atoms with Crippen LogP contribution in [0, 0.1) is 0 Å². The van der Waals surface area contributed by atoms with Crippen molar-refractivity contribution in [1.82, 2.24) is 0 Å². The molecule has 0 spiro atoms. The van der Waals surface area contributed by atoms with E-state index >= 15 is 0 Å². The molecule has 1 aliphatic carbocycles. The van der Waals surface area contributed by atoms with E-state index in [9.17, 15) is 9.59 Å². The van der Waals surface area contributed by atoms with Gasteiger partial charge >= 0.3 is 5.97 Å². The lowest BCUT2D eigenvalue weighted by molar-refractivity contribution is -0.214. The lowest BCUT2D eigenvalue weighted by atomic mass is 9.98. The fraction of sp³-hybridized carbons (Fsp3) is 0.714. The van der Waals surface area contributed by atoms with E-state index in [1.807, 2.05) is 0 Å². The lowest BCUT2D eigenvalue weighted by Crippen LogP contribution is -2.39. The SMILES string of the molecule is CCOC(=O)CC1(OC2CCCCO2)C=C(Cl)C(=O)C1. The van der Waals surface area contributed by atoms with Crippen LogP contribution in [0.15, 0.2) is 11.1 Å². The predicted molar refractivity (Wildman–Crippen MR) is 72.2 cm³/mol. The Bertz CT molecular complexity index is 414. The molecule has 5 nitrogen and oxygen atoms in total. The Morgan fingerprint density at radius 3 is 2.90 bits per heavy atom. The van der Waals surface area contributed by atoms with Crippen LogP contribution in [-0.4, -0.2) is 36.9 Å². The zero-order chi connectivity index (χ0) is 14.6. The molecule has 1 saturated heterocycles. The first-order valence-electron chi connectivity index (χ1n) is 6.91. The zero-order valence-electron chi connectivity index (χ0n) is 11.5. The Hall–Kier alpha value is -0.910. The van der Waals surface area contributed by atoms with E-state index in [0.717, 1.165) is 19.3 Å². The summed E-state index contributed by atoms with van der Waals surface area (Å²) in [4.78, 5) is 23.4. The summed E-state index contributed by atoms with van der Waals surface area (Å²) >= 11 is 5.86. The summed E-state index contributed by atoms with van der Waals surface area (Å²) in [6.07, 6.45) is 3.92. The van der Waals surface area contributed by atoms with Gasteiger partial charge in [0.05, 0.1) is 18.1 Å². The second kappa shape index (κ2) is 6.70. The number of Topliss-reactive ketones (excluding diaryl/α,β-unsaturated/α-hetero) is 1. The first-order valence-corrected chi connectivity index (χ1v) is 7.29. The van der Waals surface area contributed by atoms with Gasteiger partial charge < -0.3 is 14.2 Å². The number of halogens is 1. The molecule has 20 heavy (non-hydrogen) atoms. The van der Waals surface area contributed by atoms with E-state index in [0.29, 0.717) is 13.2 Å². The van der Waals surface area contributed by atoms with Gasteiger partial charge in [-0.2, -0.15) is 0 Å². The van der Waals surface area contributed by atoms with E-state index in [1.165, 1.54) is 6.08 Å². The summed E-state index contributed by atoms with van der Waals surface area (Å²) in [5, 5.41) is 0.116. The quantitative estimate of drug-likeness (QED) is 0.729. The molecule has 0 bridgehead atoms. The molecule has 0 N–H and O–H groups in total. The van der Waals surface area contributed by atoms with Crippen LogP contribution >= 0.6 is 11.6 Å². The molecule has 1 aliphatic heterocycles. The number of carbonyl (C=O) groups excluding carboxylic acids is 2. The summed E-state index contributed by atoms with van der Waals surface area (Å²) in [5.41, 5.74) is -1.03. The summed E-state index contributed by atoms with van der Waals surface area (Å²) < 4.78 is 16.4. The summed E-state index contributed by atoms with van der Waals surface area (Å²) in [5.74, 6) is -0.620. The van der Waals surface area contributed by atoms with Crippen molar-refractivity contribution in [2.75, 3.05) is 13.2 Å². The summed E-state index contributed by atoms with van der Waals surface area (Å²) in [6.45, 7) is 2.66. The third kappa shape index (κ3) is 3.81. The largest absolute Gasteiger partial charge is 0.466 e. The van der Waals surface area contributed by atoms with Gasteiger partial charge in [0, 0.05) is 13.0 Å². The van der Waals surface area contributed by atoms with Gasteiger partial charge in [0.25, 0.3) is 0 Å². The van der Waals surface area contributed by atoms with Crippen LogP contribution in [0.5, 0.6) is 0 Å². The third-order valence-corrected chi connectivity index (χ3v) is 3.69. The number of carbonyl (C=O) groups is 2. The Morgan fingerprint density at radius 2 is 2.35 bits per heavy atom. The van der Waals surface area contributed by atoms with E-state index < -0.39 is 17.9 Å². The van der Waals surface area contributed by atoms with Crippen LogP contribution in [0.2, 0.25) is 0 Å². The van der Waals surface area contributed by atoms with Crippen molar-refractivity contribution in [1.29, 1.82) is 0 Å². The second-order valence-electron chi connectivity index (χ2n) is 5.05.